The van der Waals surface area contributed by atoms with E-state index in [9.17, 15) is 18.0 Å². The van der Waals surface area contributed by atoms with Crippen molar-refractivity contribution in [2.75, 3.05) is 0 Å². The monoisotopic (exact) mass is 453 g/mol. The maximum absolute atomic E-state index is 13.9. The van der Waals surface area contributed by atoms with E-state index in [4.69, 9.17) is 11.6 Å². The van der Waals surface area contributed by atoms with Crippen molar-refractivity contribution in [1.29, 1.82) is 0 Å². The largest absolute Gasteiger partial charge is 0.335 e. The molecule has 0 N–H and O–H groups in total. The van der Waals surface area contributed by atoms with Crippen molar-refractivity contribution in [3.63, 3.8) is 0 Å². The number of benzene rings is 1. The van der Waals surface area contributed by atoms with E-state index in [-0.39, 0.29) is 49.0 Å². The van der Waals surface area contributed by atoms with Gasteiger partial charge in [0.1, 0.15) is 0 Å². The molecule has 1 heterocycles. The van der Waals surface area contributed by atoms with Crippen LogP contribution in [0.4, 0.5) is 13.2 Å². The van der Waals surface area contributed by atoms with Crippen molar-refractivity contribution >= 4 is 27.5 Å². The van der Waals surface area contributed by atoms with Crippen LogP contribution in [-0.2, 0) is 39.3 Å². The molecule has 0 unspecified atom stereocenters. The molecule has 0 aliphatic rings. The van der Waals surface area contributed by atoms with Crippen LogP contribution in [-0.4, -0.2) is 11.0 Å². The zero-order chi connectivity index (χ0) is 14.9. The molecule has 0 bridgehead atoms. The van der Waals surface area contributed by atoms with Crippen LogP contribution in [0.25, 0.3) is 11.3 Å². The van der Waals surface area contributed by atoms with E-state index < -0.39 is 24.3 Å². The molecule has 0 saturated carbocycles. The minimum absolute atomic E-state index is 0. The van der Waals surface area contributed by atoms with Gasteiger partial charge < -0.3 is 4.57 Å². The van der Waals surface area contributed by atoms with Crippen molar-refractivity contribution in [1.82, 2.24) is 4.57 Å². The van der Waals surface area contributed by atoms with Crippen LogP contribution in [0, 0.1) is 11.9 Å². The third-order valence-corrected chi connectivity index (χ3v) is 3.51. The van der Waals surface area contributed by atoms with Crippen molar-refractivity contribution in [2.45, 2.75) is 13.0 Å². The molecule has 1 radical (unpaired) electrons. The first-order valence-electron chi connectivity index (χ1n) is 5.45. The molecule has 21 heavy (non-hydrogen) atoms. The summed E-state index contributed by atoms with van der Waals surface area (Å²) in [4.78, 5) is 11.9. The van der Waals surface area contributed by atoms with Gasteiger partial charge in [0.25, 0.3) is 6.43 Å². The topological polar surface area (TPSA) is 22.0 Å². The number of hydrogen-bond acceptors (Lipinski definition) is 1. The summed E-state index contributed by atoms with van der Waals surface area (Å²) in [5, 5.41) is -0.248. The van der Waals surface area contributed by atoms with Crippen LogP contribution in [0.3, 0.4) is 0 Å². The van der Waals surface area contributed by atoms with E-state index >= 15 is 0 Å². The van der Waals surface area contributed by atoms with E-state index in [1.54, 1.807) is 0 Å². The Kier molecular flexibility index (Phi) is 7.11. The Morgan fingerprint density at radius 1 is 1.38 bits per heavy atom. The van der Waals surface area contributed by atoms with Gasteiger partial charge in [-0.2, -0.15) is 23.7 Å². The first-order chi connectivity index (χ1) is 9.41. The number of aromatic nitrogens is 1. The summed E-state index contributed by atoms with van der Waals surface area (Å²) in [6, 6.07) is 7.87. The molecule has 0 aliphatic carbocycles. The molecule has 2 nitrogen and oxygen atoms in total. The molecule has 0 amide bonds. The number of rotatable bonds is 3. The zero-order valence-electron chi connectivity index (χ0n) is 10.4. The van der Waals surface area contributed by atoms with Gasteiger partial charge in [-0.3, -0.25) is 4.79 Å². The molecule has 0 spiro atoms. The fraction of sp³-hybridized carbons (Fsp3) is 0.154. The molecule has 0 aliphatic heterocycles. The average molecular weight is 454 g/mol. The number of hydrogen-bond donors (Lipinski definition) is 0. The molecule has 1 aromatic carbocycles. The van der Waals surface area contributed by atoms with Crippen LogP contribution in [0.15, 0.2) is 33.5 Å². The summed E-state index contributed by atoms with van der Waals surface area (Å²) in [6.07, 6.45) is -2.77. The normalized spacial score (nSPS) is 10.6. The maximum atomic E-state index is 13.9. The smallest absolute Gasteiger partial charge is 0.256 e. The zero-order valence-corrected chi connectivity index (χ0v) is 15.6. The number of alkyl halides is 2. The molecular formula is C13H7BrClF3NOY-. The molecule has 0 atom stereocenters. The Hall–Kier alpha value is -0.166. The van der Waals surface area contributed by atoms with Gasteiger partial charge in [0, 0.05) is 37.7 Å². The number of pyridine rings is 1. The van der Waals surface area contributed by atoms with E-state index in [1.165, 1.54) is 18.2 Å². The van der Waals surface area contributed by atoms with Gasteiger partial charge >= 0.3 is 0 Å². The first-order valence-corrected chi connectivity index (χ1v) is 6.62. The fourth-order valence-corrected chi connectivity index (χ4v) is 2.43. The molecule has 109 valence electrons. The summed E-state index contributed by atoms with van der Waals surface area (Å²) in [5.41, 5.74) is -0.900. The van der Waals surface area contributed by atoms with Gasteiger partial charge in [-0.15, -0.1) is 0 Å². The molecule has 0 saturated heterocycles. The Bertz CT molecular complexity index is 688. The average Bonchev–Trinajstić information content (AvgIpc) is 2.37. The van der Waals surface area contributed by atoms with Crippen molar-refractivity contribution < 1.29 is 45.9 Å². The Labute approximate surface area is 157 Å². The Balaban J connectivity index is 0.00000220. The molecule has 2 aromatic rings. The minimum atomic E-state index is -2.77. The SMILES string of the molecule is O=c1c(Cl)c[c-]c(-c2c(F)cccc2Br)n1CC(F)F.[Y]. The molecule has 2 rings (SSSR count). The molecule has 0 fully saturated rings. The Morgan fingerprint density at radius 2 is 2.05 bits per heavy atom. The van der Waals surface area contributed by atoms with Crippen molar-refractivity contribution in [2.24, 2.45) is 0 Å². The summed E-state index contributed by atoms with van der Waals surface area (Å²) in [5.74, 6) is -0.652. The summed E-state index contributed by atoms with van der Waals surface area (Å²) in [6.45, 7) is -0.883. The number of halogens is 5. The van der Waals surface area contributed by atoms with E-state index in [0.717, 1.165) is 10.6 Å². The quantitative estimate of drug-likeness (QED) is 0.640. The molecule has 1 aromatic heterocycles. The van der Waals surface area contributed by atoms with Crippen LogP contribution >= 0.6 is 27.5 Å². The summed E-state index contributed by atoms with van der Waals surface area (Å²) in [7, 11) is 0. The van der Waals surface area contributed by atoms with Gasteiger partial charge in [-0.1, -0.05) is 39.3 Å². The fourth-order valence-electron chi connectivity index (χ4n) is 1.75. The van der Waals surface area contributed by atoms with Gasteiger partial charge in [-0.05, 0) is 10.5 Å². The van der Waals surface area contributed by atoms with Crippen LogP contribution in [0.1, 0.15) is 0 Å². The van der Waals surface area contributed by atoms with E-state index in [2.05, 4.69) is 22.0 Å². The van der Waals surface area contributed by atoms with Gasteiger partial charge in [0.2, 0.25) is 5.56 Å². The first kappa shape index (κ1) is 18.9. The van der Waals surface area contributed by atoms with Crippen molar-refractivity contribution in [3.8, 4) is 11.3 Å². The Morgan fingerprint density at radius 3 is 2.62 bits per heavy atom. The van der Waals surface area contributed by atoms with Crippen molar-refractivity contribution in [3.05, 3.63) is 56.0 Å². The van der Waals surface area contributed by atoms with Gasteiger partial charge in [-0.25, -0.2) is 13.2 Å². The van der Waals surface area contributed by atoms with Gasteiger partial charge in [0.15, 0.2) is 0 Å². The third-order valence-electron chi connectivity index (χ3n) is 2.58. The second kappa shape index (κ2) is 7.90. The van der Waals surface area contributed by atoms with Crippen LogP contribution in [0.5, 0.6) is 0 Å². The second-order valence-corrected chi connectivity index (χ2v) is 5.15. The maximum Gasteiger partial charge on any atom is 0.256 e. The summed E-state index contributed by atoms with van der Waals surface area (Å²) < 4.78 is 40.2. The third kappa shape index (κ3) is 4.18. The van der Waals surface area contributed by atoms with E-state index in [0.29, 0.717) is 4.47 Å². The predicted octanol–water partition coefficient (Wildman–Crippen LogP) is 4.13. The standard InChI is InChI=1S/C13H7BrClF3NO.Y/c14-7-2-1-3-9(16)12(7)10-5-4-8(15)13(20)19(10)6-11(17)18;/h1-4,11H,6H2;/q-1;. The predicted molar refractivity (Wildman–Crippen MR) is 73.6 cm³/mol. The molecule has 8 heteroatoms. The van der Waals surface area contributed by atoms with Gasteiger partial charge in [0.05, 0.1) is 12.4 Å². The number of nitrogens with zero attached hydrogens (tertiary/aromatic N) is 1. The molecular weight excluding hydrogens is 447 g/mol. The van der Waals surface area contributed by atoms with Crippen LogP contribution in [0.2, 0.25) is 5.02 Å². The van der Waals surface area contributed by atoms with E-state index in [1.807, 2.05) is 0 Å². The summed E-state index contributed by atoms with van der Waals surface area (Å²) >= 11 is 8.75. The minimum Gasteiger partial charge on any atom is -0.335 e. The second-order valence-electron chi connectivity index (χ2n) is 3.89. The van der Waals surface area contributed by atoms with Crippen LogP contribution < -0.4 is 5.56 Å².